The van der Waals surface area contributed by atoms with Crippen molar-refractivity contribution in [3.05, 3.63) is 53.1 Å². The van der Waals surface area contributed by atoms with Crippen molar-refractivity contribution in [2.45, 2.75) is 6.92 Å². The van der Waals surface area contributed by atoms with Gasteiger partial charge in [0, 0.05) is 5.56 Å². The van der Waals surface area contributed by atoms with E-state index in [1.807, 2.05) is 0 Å². The quantitative estimate of drug-likeness (QED) is 0.739. The van der Waals surface area contributed by atoms with E-state index in [0.717, 1.165) is 12.1 Å². The molecule has 6 heteroatoms. The van der Waals surface area contributed by atoms with Crippen molar-refractivity contribution in [2.75, 3.05) is 11.1 Å². The molecule has 0 spiro atoms. The zero-order valence-electron chi connectivity index (χ0n) is 10.6. The number of nitrogens with two attached hydrogens (primary N) is 1. The van der Waals surface area contributed by atoms with E-state index in [0.29, 0.717) is 5.56 Å². The largest absolute Gasteiger partial charge is 0.508 e. The standard InChI is InChI=1S/C14H12F2N2O2/c1-7-6-8(19)2-3-9(7)14(20)18-13-11(17)5-4-10(15)12(13)16/h2-6,19H,17H2,1H3,(H,18,20). The lowest BCUT2D eigenvalue weighted by Gasteiger charge is -2.11. The zero-order chi connectivity index (χ0) is 14.9. The molecule has 0 bridgehead atoms. The maximum Gasteiger partial charge on any atom is 0.256 e. The number of benzene rings is 2. The van der Waals surface area contributed by atoms with Crippen LogP contribution in [0.15, 0.2) is 30.3 Å². The molecule has 0 saturated heterocycles. The van der Waals surface area contributed by atoms with E-state index >= 15 is 0 Å². The maximum atomic E-state index is 13.6. The molecule has 4 nitrogen and oxygen atoms in total. The van der Waals surface area contributed by atoms with E-state index < -0.39 is 23.2 Å². The molecule has 20 heavy (non-hydrogen) atoms. The van der Waals surface area contributed by atoms with Crippen LogP contribution in [-0.2, 0) is 0 Å². The summed E-state index contributed by atoms with van der Waals surface area (Å²) in [6.45, 7) is 1.61. The minimum absolute atomic E-state index is 0.00972. The van der Waals surface area contributed by atoms with Crippen LogP contribution in [0.4, 0.5) is 20.2 Å². The molecule has 0 aromatic heterocycles. The van der Waals surface area contributed by atoms with Crippen molar-refractivity contribution < 1.29 is 18.7 Å². The maximum absolute atomic E-state index is 13.6. The molecule has 0 aliphatic rings. The summed E-state index contributed by atoms with van der Waals surface area (Å²) in [7, 11) is 0. The lowest BCUT2D eigenvalue weighted by atomic mass is 10.1. The molecule has 0 aliphatic carbocycles. The van der Waals surface area contributed by atoms with Gasteiger partial charge in [0.1, 0.15) is 11.4 Å². The van der Waals surface area contributed by atoms with Crippen LogP contribution in [0.25, 0.3) is 0 Å². The molecule has 2 aromatic carbocycles. The van der Waals surface area contributed by atoms with Gasteiger partial charge in [-0.3, -0.25) is 4.79 Å². The third-order valence-electron chi connectivity index (χ3n) is 2.82. The van der Waals surface area contributed by atoms with E-state index in [1.165, 1.54) is 18.2 Å². The van der Waals surface area contributed by atoms with Gasteiger partial charge < -0.3 is 16.2 Å². The smallest absolute Gasteiger partial charge is 0.256 e. The first-order valence-electron chi connectivity index (χ1n) is 5.74. The van der Waals surface area contributed by atoms with Gasteiger partial charge in [0.05, 0.1) is 5.69 Å². The first kappa shape index (κ1) is 13.8. The topological polar surface area (TPSA) is 75.3 Å². The average Bonchev–Trinajstić information content (AvgIpc) is 2.39. The molecule has 2 rings (SSSR count). The number of carbonyl (C=O) groups excluding carboxylic acids is 1. The number of nitrogens with one attached hydrogen (secondary N) is 1. The fourth-order valence-electron chi connectivity index (χ4n) is 1.78. The van der Waals surface area contributed by atoms with Gasteiger partial charge in [-0.15, -0.1) is 0 Å². The fraction of sp³-hybridized carbons (Fsp3) is 0.0714. The third-order valence-corrected chi connectivity index (χ3v) is 2.82. The van der Waals surface area contributed by atoms with E-state index in [-0.39, 0.29) is 17.0 Å². The van der Waals surface area contributed by atoms with Crippen molar-refractivity contribution in [3.8, 4) is 5.75 Å². The van der Waals surface area contributed by atoms with Gasteiger partial charge in [-0.1, -0.05) is 0 Å². The summed E-state index contributed by atoms with van der Waals surface area (Å²) in [5.74, 6) is -2.94. The molecular weight excluding hydrogens is 266 g/mol. The molecule has 0 radical (unpaired) electrons. The number of phenolic OH excluding ortho intramolecular Hbond substituents is 1. The predicted octanol–water partition coefficient (Wildman–Crippen LogP) is 2.81. The molecule has 0 heterocycles. The van der Waals surface area contributed by atoms with Gasteiger partial charge >= 0.3 is 0 Å². The summed E-state index contributed by atoms with van der Waals surface area (Å²) < 4.78 is 26.7. The average molecular weight is 278 g/mol. The Morgan fingerprint density at radius 2 is 1.95 bits per heavy atom. The second-order valence-corrected chi connectivity index (χ2v) is 4.28. The molecule has 0 fully saturated rings. The predicted molar refractivity (Wildman–Crippen MR) is 71.6 cm³/mol. The Morgan fingerprint density at radius 1 is 1.25 bits per heavy atom. The summed E-state index contributed by atoms with van der Waals surface area (Å²) in [4.78, 5) is 12.0. The first-order valence-corrected chi connectivity index (χ1v) is 5.74. The number of hydrogen-bond acceptors (Lipinski definition) is 3. The van der Waals surface area contributed by atoms with Crippen molar-refractivity contribution in [1.82, 2.24) is 0 Å². The van der Waals surface area contributed by atoms with Crippen LogP contribution in [0.1, 0.15) is 15.9 Å². The molecule has 0 unspecified atom stereocenters. The van der Waals surface area contributed by atoms with Gasteiger partial charge in [-0.05, 0) is 42.8 Å². The van der Waals surface area contributed by atoms with Gasteiger partial charge in [-0.25, -0.2) is 8.78 Å². The minimum atomic E-state index is -1.21. The van der Waals surface area contributed by atoms with E-state index in [2.05, 4.69) is 5.32 Å². The van der Waals surface area contributed by atoms with Crippen LogP contribution in [0.2, 0.25) is 0 Å². The normalized spacial score (nSPS) is 10.3. The van der Waals surface area contributed by atoms with Crippen molar-refractivity contribution in [1.29, 1.82) is 0 Å². The zero-order valence-corrected chi connectivity index (χ0v) is 10.6. The Bertz CT molecular complexity index is 687. The SMILES string of the molecule is Cc1cc(O)ccc1C(=O)Nc1c(N)ccc(F)c1F. The lowest BCUT2D eigenvalue weighted by molar-refractivity contribution is 0.102. The third kappa shape index (κ3) is 2.54. The number of aromatic hydroxyl groups is 1. The minimum Gasteiger partial charge on any atom is -0.508 e. The molecule has 1 amide bonds. The number of phenols is 1. The highest BCUT2D eigenvalue weighted by Crippen LogP contribution is 2.26. The van der Waals surface area contributed by atoms with Crippen LogP contribution in [-0.4, -0.2) is 11.0 Å². The van der Waals surface area contributed by atoms with Crippen LogP contribution in [0.3, 0.4) is 0 Å². The molecule has 104 valence electrons. The van der Waals surface area contributed by atoms with Crippen molar-refractivity contribution in [2.24, 2.45) is 0 Å². The lowest BCUT2D eigenvalue weighted by Crippen LogP contribution is -2.16. The first-order chi connectivity index (χ1) is 9.40. The Labute approximate surface area is 113 Å². The number of hydrogen-bond donors (Lipinski definition) is 3. The summed E-state index contributed by atoms with van der Waals surface area (Å²) in [6.07, 6.45) is 0. The number of carbonyl (C=O) groups is 1. The second-order valence-electron chi connectivity index (χ2n) is 4.28. The number of amides is 1. The van der Waals surface area contributed by atoms with Crippen LogP contribution >= 0.6 is 0 Å². The van der Waals surface area contributed by atoms with E-state index in [4.69, 9.17) is 5.73 Å². The van der Waals surface area contributed by atoms with Gasteiger partial charge in [-0.2, -0.15) is 0 Å². The molecule has 0 atom stereocenters. The van der Waals surface area contributed by atoms with Crippen molar-refractivity contribution in [3.63, 3.8) is 0 Å². The summed E-state index contributed by atoms with van der Waals surface area (Å²) in [5.41, 5.74) is 5.77. The fourth-order valence-corrected chi connectivity index (χ4v) is 1.78. The van der Waals surface area contributed by atoms with Gasteiger partial charge in [0.15, 0.2) is 11.6 Å². The highest BCUT2D eigenvalue weighted by Gasteiger charge is 2.16. The summed E-state index contributed by atoms with van der Waals surface area (Å²) in [6, 6.07) is 6.14. The number of halogens is 2. The Balaban J connectivity index is 2.35. The Hall–Kier alpha value is -2.63. The Morgan fingerprint density at radius 3 is 2.60 bits per heavy atom. The number of rotatable bonds is 2. The molecule has 0 aliphatic heterocycles. The Kier molecular flexibility index (Phi) is 3.56. The molecular formula is C14H12F2N2O2. The second kappa shape index (κ2) is 5.16. The van der Waals surface area contributed by atoms with Gasteiger partial charge in [0.25, 0.3) is 5.91 Å². The van der Waals surface area contributed by atoms with Crippen LogP contribution in [0.5, 0.6) is 5.75 Å². The van der Waals surface area contributed by atoms with Crippen LogP contribution in [0, 0.1) is 18.6 Å². The number of aryl methyl sites for hydroxylation is 1. The van der Waals surface area contributed by atoms with E-state index in [9.17, 15) is 18.7 Å². The van der Waals surface area contributed by atoms with Gasteiger partial charge in [0.2, 0.25) is 0 Å². The number of anilines is 2. The number of nitrogen functional groups attached to an aromatic ring is 1. The molecule has 2 aromatic rings. The molecule has 0 saturated carbocycles. The van der Waals surface area contributed by atoms with E-state index in [1.54, 1.807) is 6.92 Å². The highest BCUT2D eigenvalue weighted by molar-refractivity contribution is 6.06. The molecule has 4 N–H and O–H groups in total. The van der Waals surface area contributed by atoms with Crippen LogP contribution < -0.4 is 11.1 Å². The summed E-state index contributed by atoms with van der Waals surface area (Å²) >= 11 is 0. The summed E-state index contributed by atoms with van der Waals surface area (Å²) in [5, 5.41) is 11.5. The highest BCUT2D eigenvalue weighted by atomic mass is 19.2. The van der Waals surface area contributed by atoms with Crippen molar-refractivity contribution >= 4 is 17.3 Å². The monoisotopic (exact) mass is 278 g/mol.